The Morgan fingerprint density at radius 3 is 2.24 bits per heavy atom. The number of benzene rings is 1. The number of rotatable bonds is 15. The highest BCUT2D eigenvalue weighted by atomic mass is 32.1. The second-order valence-corrected chi connectivity index (χ2v) is 12.1. The van der Waals surface area contributed by atoms with Crippen LogP contribution < -0.4 is 4.74 Å². The number of hydrogen-bond acceptors (Lipinski definition) is 4. The molecule has 2 heterocycles. The molecule has 1 fully saturated rings. The van der Waals surface area contributed by atoms with Gasteiger partial charge in [-0.25, -0.2) is 4.98 Å². The summed E-state index contributed by atoms with van der Waals surface area (Å²) in [7, 11) is 0. The van der Waals surface area contributed by atoms with E-state index in [9.17, 15) is 4.79 Å². The van der Waals surface area contributed by atoms with Crippen LogP contribution >= 0.6 is 11.3 Å². The molecule has 202 valence electrons. The normalized spacial score (nSPS) is 17.9. The lowest BCUT2D eigenvalue weighted by molar-refractivity contribution is -0.140. The average Bonchev–Trinajstić information content (AvgIpc) is 3.48. The summed E-state index contributed by atoms with van der Waals surface area (Å²) in [5.74, 6) is 1.44. The van der Waals surface area contributed by atoms with Gasteiger partial charge in [-0.2, -0.15) is 0 Å². The highest BCUT2D eigenvalue weighted by Crippen LogP contribution is 2.33. The summed E-state index contributed by atoms with van der Waals surface area (Å²) in [4.78, 5) is 20.1. The monoisotopic (exact) mass is 522 g/mol. The second-order valence-electron chi connectivity index (χ2n) is 11.0. The molecule has 0 aliphatic heterocycles. The molecule has 3 aromatic rings. The van der Waals surface area contributed by atoms with Gasteiger partial charge in [0.2, 0.25) is 0 Å². The highest BCUT2D eigenvalue weighted by Gasteiger charge is 2.27. The van der Waals surface area contributed by atoms with Crippen molar-refractivity contribution in [2.45, 2.75) is 117 Å². The molecule has 1 aliphatic carbocycles. The van der Waals surface area contributed by atoms with Crippen LogP contribution in [0, 0.1) is 11.8 Å². The van der Waals surface area contributed by atoms with Crippen molar-refractivity contribution in [3.8, 4) is 17.0 Å². The van der Waals surface area contributed by atoms with Crippen molar-refractivity contribution in [3.05, 3.63) is 41.5 Å². The Hall–Kier alpha value is -2.14. The summed E-state index contributed by atoms with van der Waals surface area (Å²) < 4.78 is 7.91. The summed E-state index contributed by atoms with van der Waals surface area (Å²) in [6.45, 7) is 4.52. The Morgan fingerprint density at radius 1 is 0.892 bits per heavy atom. The number of fused-ring (bicyclic) bond motifs is 1. The van der Waals surface area contributed by atoms with Crippen molar-refractivity contribution in [1.29, 1.82) is 0 Å². The van der Waals surface area contributed by atoms with Gasteiger partial charge in [0.1, 0.15) is 5.75 Å². The van der Waals surface area contributed by atoms with Crippen molar-refractivity contribution in [1.82, 2.24) is 9.38 Å². The number of carbonyl (C=O) groups excluding carboxylic acids is 1. The van der Waals surface area contributed by atoms with Gasteiger partial charge in [0.05, 0.1) is 11.6 Å². The van der Waals surface area contributed by atoms with Gasteiger partial charge in [-0.1, -0.05) is 78.1 Å². The number of unbranched alkanes of at least 4 members (excludes halogenated alkanes) is 8. The SMILES string of the molecule is CCCCCCCc1cn2cc(-c3ccc(OC(=O)C4CCC(CCCCCCC)CC4)cc3)nc2s1. The van der Waals surface area contributed by atoms with E-state index in [0.717, 1.165) is 41.4 Å². The molecule has 2 aromatic heterocycles. The molecule has 0 N–H and O–H groups in total. The Kier molecular flexibility index (Phi) is 11.1. The van der Waals surface area contributed by atoms with Crippen molar-refractivity contribution in [3.63, 3.8) is 0 Å². The van der Waals surface area contributed by atoms with Crippen LogP contribution in [0.5, 0.6) is 5.75 Å². The predicted molar refractivity (Wildman–Crippen MR) is 155 cm³/mol. The van der Waals surface area contributed by atoms with E-state index in [-0.39, 0.29) is 11.9 Å². The van der Waals surface area contributed by atoms with Crippen LogP contribution in [0.1, 0.15) is 115 Å². The summed E-state index contributed by atoms with van der Waals surface area (Å²) >= 11 is 1.79. The van der Waals surface area contributed by atoms with Crippen LogP contribution in [0.4, 0.5) is 0 Å². The fourth-order valence-electron chi connectivity index (χ4n) is 5.62. The van der Waals surface area contributed by atoms with Gasteiger partial charge in [0.25, 0.3) is 0 Å². The third kappa shape index (κ3) is 8.43. The number of ether oxygens (including phenoxy) is 1. The fraction of sp³-hybridized carbons (Fsp3) is 0.625. The van der Waals surface area contributed by atoms with Crippen molar-refractivity contribution in [2.24, 2.45) is 11.8 Å². The van der Waals surface area contributed by atoms with E-state index in [0.29, 0.717) is 5.75 Å². The number of hydrogen-bond donors (Lipinski definition) is 0. The standard InChI is InChI=1S/C32H46N2O2S/c1-3-5-7-9-11-13-25-15-17-27(18-16-25)31(35)36-28-21-19-26(20-22-28)30-24-34-23-29(37-32(34)33-30)14-12-10-8-6-4-2/h19-25,27H,3-18H2,1-2H3. The minimum Gasteiger partial charge on any atom is -0.426 e. The van der Waals surface area contributed by atoms with E-state index < -0.39 is 0 Å². The molecule has 4 nitrogen and oxygen atoms in total. The maximum atomic E-state index is 12.8. The summed E-state index contributed by atoms with van der Waals surface area (Å²) in [5.41, 5.74) is 2.02. The summed E-state index contributed by atoms with van der Waals surface area (Å²) in [5, 5.41) is 0. The topological polar surface area (TPSA) is 43.6 Å². The smallest absolute Gasteiger partial charge is 0.314 e. The van der Waals surface area contributed by atoms with E-state index in [4.69, 9.17) is 9.72 Å². The number of carbonyl (C=O) groups is 1. The lowest BCUT2D eigenvalue weighted by Gasteiger charge is -2.27. The maximum Gasteiger partial charge on any atom is 0.314 e. The molecular weight excluding hydrogens is 476 g/mol. The van der Waals surface area contributed by atoms with E-state index in [1.165, 1.54) is 88.3 Å². The van der Waals surface area contributed by atoms with E-state index in [1.54, 1.807) is 11.3 Å². The van der Waals surface area contributed by atoms with Gasteiger partial charge in [0.15, 0.2) is 4.96 Å². The zero-order valence-corrected chi connectivity index (χ0v) is 23.9. The van der Waals surface area contributed by atoms with Gasteiger partial charge < -0.3 is 4.74 Å². The van der Waals surface area contributed by atoms with Crippen LogP contribution in [-0.4, -0.2) is 15.4 Å². The lowest BCUT2D eigenvalue weighted by Crippen LogP contribution is -2.25. The number of aryl methyl sites for hydroxylation is 1. The molecule has 0 amide bonds. The first-order valence-corrected chi connectivity index (χ1v) is 15.8. The lowest BCUT2D eigenvalue weighted by atomic mass is 9.80. The first-order valence-electron chi connectivity index (χ1n) is 15.0. The van der Waals surface area contributed by atoms with Crippen molar-refractivity contribution >= 4 is 22.3 Å². The number of esters is 1. The molecule has 0 atom stereocenters. The predicted octanol–water partition coefficient (Wildman–Crippen LogP) is 9.65. The molecule has 37 heavy (non-hydrogen) atoms. The largest absolute Gasteiger partial charge is 0.426 e. The number of nitrogens with zero attached hydrogens (tertiary/aromatic N) is 2. The van der Waals surface area contributed by atoms with Gasteiger partial charge in [0, 0.05) is 22.8 Å². The van der Waals surface area contributed by atoms with Crippen LogP contribution in [-0.2, 0) is 11.2 Å². The molecule has 1 aromatic carbocycles. The van der Waals surface area contributed by atoms with Gasteiger partial charge in [-0.15, -0.1) is 11.3 Å². The quantitative estimate of drug-likeness (QED) is 0.113. The molecule has 0 spiro atoms. The maximum absolute atomic E-state index is 12.8. The summed E-state index contributed by atoms with van der Waals surface area (Å²) in [6.07, 6.45) is 24.4. The van der Waals surface area contributed by atoms with Crippen molar-refractivity contribution < 1.29 is 9.53 Å². The van der Waals surface area contributed by atoms with Crippen LogP contribution in [0.3, 0.4) is 0 Å². The average molecular weight is 523 g/mol. The third-order valence-electron chi connectivity index (χ3n) is 8.00. The van der Waals surface area contributed by atoms with Crippen LogP contribution in [0.15, 0.2) is 36.7 Å². The minimum absolute atomic E-state index is 0.0526. The molecule has 0 saturated heterocycles. The minimum atomic E-state index is -0.0566. The third-order valence-corrected chi connectivity index (χ3v) is 9.05. The van der Waals surface area contributed by atoms with Gasteiger partial charge in [-0.05, 0) is 68.7 Å². The highest BCUT2D eigenvalue weighted by molar-refractivity contribution is 7.17. The first kappa shape index (κ1) is 27.9. The number of thiazole rings is 1. The van der Waals surface area contributed by atoms with Crippen LogP contribution in [0.2, 0.25) is 0 Å². The first-order chi connectivity index (χ1) is 18.2. The van der Waals surface area contributed by atoms with Crippen LogP contribution in [0.25, 0.3) is 16.2 Å². The Labute approximate surface area is 227 Å². The fourth-order valence-corrected chi connectivity index (χ4v) is 6.62. The van der Waals surface area contributed by atoms with E-state index in [2.05, 4.69) is 30.6 Å². The molecule has 1 saturated carbocycles. The van der Waals surface area contributed by atoms with Gasteiger partial charge in [-0.3, -0.25) is 9.20 Å². The van der Waals surface area contributed by atoms with Crippen molar-refractivity contribution in [2.75, 3.05) is 0 Å². The zero-order valence-electron chi connectivity index (χ0n) is 23.1. The molecule has 0 radical (unpaired) electrons. The Balaban J connectivity index is 1.21. The van der Waals surface area contributed by atoms with E-state index in [1.807, 2.05) is 24.3 Å². The van der Waals surface area contributed by atoms with Gasteiger partial charge >= 0.3 is 5.97 Å². The molecule has 0 bridgehead atoms. The molecule has 5 heteroatoms. The Morgan fingerprint density at radius 2 is 1.57 bits per heavy atom. The Bertz CT molecular complexity index is 1040. The number of aromatic nitrogens is 2. The molecule has 4 rings (SSSR count). The second kappa shape index (κ2) is 14.7. The molecule has 0 unspecified atom stereocenters. The number of imidazole rings is 1. The molecular formula is C32H46N2O2S. The van der Waals surface area contributed by atoms with E-state index >= 15 is 0 Å². The zero-order chi connectivity index (χ0) is 25.9. The summed E-state index contributed by atoms with van der Waals surface area (Å²) in [6, 6.07) is 7.84. The molecule has 1 aliphatic rings.